The number of hydrogen-bond donors (Lipinski definition) is 2. The Balaban J connectivity index is 1.85. The number of halogens is 3. The number of nitrogens with one attached hydrogen (secondary N) is 1. The summed E-state index contributed by atoms with van der Waals surface area (Å²) in [6, 6.07) is 4.84. The molecule has 0 aliphatic carbocycles. The predicted molar refractivity (Wildman–Crippen MR) is 94.2 cm³/mol. The molecule has 0 bridgehead atoms. The van der Waals surface area contributed by atoms with Gasteiger partial charge in [0.25, 0.3) is 5.91 Å². The van der Waals surface area contributed by atoms with Crippen LogP contribution in [0, 0.1) is 0 Å². The third-order valence-corrected chi connectivity index (χ3v) is 3.80. The molecular formula is C16H15F3N8O2. The second-order valence-corrected chi connectivity index (χ2v) is 6.15. The summed E-state index contributed by atoms with van der Waals surface area (Å²) in [5.74, 6) is -0.999. The smallest absolute Gasteiger partial charge is 0.378 e. The highest BCUT2D eigenvalue weighted by Gasteiger charge is 2.32. The van der Waals surface area contributed by atoms with Gasteiger partial charge >= 0.3 is 6.18 Å². The molecule has 3 rings (SSSR count). The molecule has 13 heteroatoms. The van der Waals surface area contributed by atoms with Crippen molar-refractivity contribution in [2.45, 2.75) is 25.9 Å². The lowest BCUT2D eigenvalue weighted by Gasteiger charge is -2.09. The molecule has 152 valence electrons. The van der Waals surface area contributed by atoms with Crippen LogP contribution in [0.3, 0.4) is 0 Å². The van der Waals surface area contributed by atoms with E-state index in [-0.39, 0.29) is 28.8 Å². The van der Waals surface area contributed by atoms with Crippen molar-refractivity contribution >= 4 is 17.9 Å². The van der Waals surface area contributed by atoms with Crippen LogP contribution >= 0.6 is 0 Å². The van der Waals surface area contributed by atoms with Crippen LogP contribution in [-0.2, 0) is 6.18 Å². The molecular weight excluding hydrogens is 393 g/mol. The lowest BCUT2D eigenvalue weighted by atomic mass is 10.1. The average Bonchev–Trinajstić information content (AvgIpc) is 3.27. The van der Waals surface area contributed by atoms with E-state index >= 15 is 0 Å². The second-order valence-electron chi connectivity index (χ2n) is 6.15. The number of hydrazone groups is 1. The molecule has 0 saturated heterocycles. The Kier molecular flexibility index (Phi) is 5.30. The summed E-state index contributed by atoms with van der Waals surface area (Å²) in [6.07, 6.45) is -3.65. The number of nitrogens with zero attached hydrogens (tertiary/aromatic N) is 6. The highest BCUT2D eigenvalue weighted by Crippen LogP contribution is 2.31. The quantitative estimate of drug-likeness (QED) is 0.487. The molecule has 0 atom stereocenters. The van der Waals surface area contributed by atoms with E-state index in [9.17, 15) is 18.0 Å². The molecule has 1 aromatic carbocycles. The van der Waals surface area contributed by atoms with Gasteiger partial charge in [0.05, 0.1) is 17.5 Å². The first kappa shape index (κ1) is 20.0. The average molecular weight is 408 g/mol. The van der Waals surface area contributed by atoms with Crippen molar-refractivity contribution in [2.75, 3.05) is 5.73 Å². The number of amides is 1. The number of nitrogens with two attached hydrogens (primary N) is 1. The minimum Gasteiger partial charge on any atom is -0.378 e. The number of benzene rings is 1. The van der Waals surface area contributed by atoms with Crippen LogP contribution in [0.1, 0.15) is 47.1 Å². The molecule has 2 aromatic heterocycles. The highest BCUT2D eigenvalue weighted by atomic mass is 19.4. The molecule has 0 spiro atoms. The zero-order valence-electron chi connectivity index (χ0n) is 15.2. The summed E-state index contributed by atoms with van der Waals surface area (Å²) in [7, 11) is 0. The van der Waals surface area contributed by atoms with Crippen molar-refractivity contribution in [3.63, 3.8) is 0 Å². The fraction of sp³-hybridized carbons (Fsp3) is 0.250. The third-order valence-electron chi connectivity index (χ3n) is 3.80. The first-order chi connectivity index (χ1) is 13.7. The van der Waals surface area contributed by atoms with Crippen molar-refractivity contribution in [2.24, 2.45) is 5.10 Å². The van der Waals surface area contributed by atoms with Gasteiger partial charge in [-0.2, -0.15) is 23.0 Å². The molecule has 3 aromatic rings. The van der Waals surface area contributed by atoms with Crippen molar-refractivity contribution in [1.82, 2.24) is 30.7 Å². The van der Waals surface area contributed by atoms with Crippen LogP contribution in [0.5, 0.6) is 0 Å². The monoisotopic (exact) mass is 408 g/mol. The lowest BCUT2D eigenvalue weighted by Crippen LogP contribution is -2.21. The molecule has 1 amide bonds. The van der Waals surface area contributed by atoms with E-state index in [4.69, 9.17) is 5.73 Å². The molecule has 0 aliphatic heterocycles. The summed E-state index contributed by atoms with van der Waals surface area (Å²) in [5, 5.41) is 18.3. The molecule has 0 unspecified atom stereocenters. The fourth-order valence-electron chi connectivity index (χ4n) is 2.54. The van der Waals surface area contributed by atoms with Crippen LogP contribution in [-0.4, -0.2) is 37.4 Å². The summed E-state index contributed by atoms with van der Waals surface area (Å²) in [5.41, 5.74) is 6.98. The second kappa shape index (κ2) is 7.69. The molecule has 2 heterocycles. The third kappa shape index (κ3) is 4.07. The van der Waals surface area contributed by atoms with Gasteiger partial charge in [-0.25, -0.2) is 10.1 Å². The van der Waals surface area contributed by atoms with Gasteiger partial charge in [0.1, 0.15) is 0 Å². The summed E-state index contributed by atoms with van der Waals surface area (Å²) in [4.78, 5) is 12.5. The van der Waals surface area contributed by atoms with Gasteiger partial charge in [-0.3, -0.25) is 4.79 Å². The zero-order valence-corrected chi connectivity index (χ0v) is 15.2. The normalized spacial score (nSPS) is 12.1. The minimum atomic E-state index is -4.55. The van der Waals surface area contributed by atoms with E-state index in [0.717, 1.165) is 12.3 Å². The summed E-state index contributed by atoms with van der Waals surface area (Å²) >= 11 is 0. The maximum atomic E-state index is 13.0. The van der Waals surface area contributed by atoms with Crippen molar-refractivity contribution < 1.29 is 22.6 Å². The first-order valence-electron chi connectivity index (χ1n) is 8.23. The van der Waals surface area contributed by atoms with Crippen LogP contribution in [0.15, 0.2) is 34.0 Å². The minimum absolute atomic E-state index is 0.0504. The van der Waals surface area contributed by atoms with E-state index in [0.29, 0.717) is 5.69 Å². The largest absolute Gasteiger partial charge is 0.417 e. The Labute approximate surface area is 161 Å². The van der Waals surface area contributed by atoms with Gasteiger partial charge in [0.2, 0.25) is 11.6 Å². The van der Waals surface area contributed by atoms with Crippen LogP contribution in [0.2, 0.25) is 0 Å². The Hall–Kier alpha value is -3.77. The number of rotatable bonds is 5. The summed E-state index contributed by atoms with van der Waals surface area (Å²) < 4.78 is 44.8. The molecule has 29 heavy (non-hydrogen) atoms. The van der Waals surface area contributed by atoms with Gasteiger partial charge in [0.15, 0.2) is 5.69 Å². The van der Waals surface area contributed by atoms with Crippen molar-refractivity contribution in [1.29, 1.82) is 0 Å². The van der Waals surface area contributed by atoms with Crippen LogP contribution < -0.4 is 11.2 Å². The summed E-state index contributed by atoms with van der Waals surface area (Å²) in [6.45, 7) is 3.55. The number of aromatic nitrogens is 5. The maximum absolute atomic E-state index is 13.0. The van der Waals surface area contributed by atoms with Gasteiger partial charge in [-0.15, -0.1) is 5.10 Å². The van der Waals surface area contributed by atoms with Crippen LogP contribution in [0.25, 0.3) is 5.82 Å². The standard InChI is InChI=1S/C16H15F3N8O2/c1-8(2)12-11(22-26-27(12)14-13(20)24-29-25-14)15(28)23-21-7-9-5-3-4-6-10(9)16(17,18)19/h3-8H,1-2H3,(H2,20,24)(H,23,28). The Bertz CT molecular complexity index is 1050. The van der Waals surface area contributed by atoms with Gasteiger partial charge in [0, 0.05) is 5.56 Å². The molecule has 0 fully saturated rings. The maximum Gasteiger partial charge on any atom is 0.417 e. The Morgan fingerprint density at radius 2 is 2.03 bits per heavy atom. The van der Waals surface area contributed by atoms with E-state index in [1.165, 1.54) is 22.9 Å². The fourth-order valence-corrected chi connectivity index (χ4v) is 2.54. The van der Waals surface area contributed by atoms with Gasteiger partial charge in [-0.1, -0.05) is 37.3 Å². The molecule has 0 radical (unpaired) electrons. The zero-order chi connectivity index (χ0) is 21.2. The molecule has 10 nitrogen and oxygen atoms in total. The van der Waals surface area contributed by atoms with Crippen LogP contribution in [0.4, 0.5) is 19.0 Å². The highest BCUT2D eigenvalue weighted by molar-refractivity contribution is 5.94. The van der Waals surface area contributed by atoms with E-state index in [1.54, 1.807) is 13.8 Å². The van der Waals surface area contributed by atoms with Crippen molar-refractivity contribution in [3.8, 4) is 5.82 Å². The Morgan fingerprint density at radius 3 is 2.66 bits per heavy atom. The molecule has 0 aliphatic rings. The van der Waals surface area contributed by atoms with E-state index in [1.807, 2.05) is 0 Å². The number of anilines is 1. The first-order valence-corrected chi connectivity index (χ1v) is 8.23. The SMILES string of the molecule is CC(C)c1c(C(=O)NN=Cc2ccccc2C(F)(F)F)nnn1-c1nonc1N. The topological polar surface area (TPSA) is 137 Å². The van der Waals surface area contributed by atoms with E-state index in [2.05, 4.69) is 35.8 Å². The Morgan fingerprint density at radius 1 is 1.31 bits per heavy atom. The lowest BCUT2D eigenvalue weighted by molar-refractivity contribution is -0.137. The van der Waals surface area contributed by atoms with Crippen molar-refractivity contribution in [3.05, 3.63) is 46.8 Å². The van der Waals surface area contributed by atoms with Gasteiger partial charge < -0.3 is 5.73 Å². The number of carbonyl (C=O) groups is 1. The number of nitrogen functional groups attached to an aromatic ring is 1. The number of hydrogen-bond acceptors (Lipinski definition) is 8. The molecule has 0 saturated carbocycles. The van der Waals surface area contributed by atoms with Gasteiger partial charge in [-0.05, 0) is 22.3 Å². The van der Waals surface area contributed by atoms with E-state index < -0.39 is 17.6 Å². The molecule has 3 N–H and O–H groups in total. The number of carbonyl (C=O) groups excluding carboxylic acids is 1. The number of alkyl halides is 3. The predicted octanol–water partition coefficient (Wildman–Crippen LogP) is 2.14.